The van der Waals surface area contributed by atoms with Crippen LogP contribution in [0.2, 0.25) is 0 Å². The van der Waals surface area contributed by atoms with E-state index < -0.39 is 91.6 Å². The number of aryl methyl sites for hydroxylation is 6. The molecule has 318 valence electrons. The van der Waals surface area contributed by atoms with Crippen LogP contribution in [0.5, 0.6) is 0 Å². The van der Waals surface area contributed by atoms with E-state index in [-0.39, 0.29) is 98.2 Å². The molecule has 0 fully saturated rings. The molecule has 0 amide bonds. The van der Waals surface area contributed by atoms with Crippen molar-refractivity contribution in [2.45, 2.75) is 38.3 Å². The van der Waals surface area contributed by atoms with E-state index in [1.165, 1.54) is 42.7 Å². The Morgan fingerprint density at radius 1 is 0.538 bits per heavy atom. The summed E-state index contributed by atoms with van der Waals surface area (Å²) in [6.07, 6.45) is -9.11. The molecule has 0 atom stereocenters. The molecule has 0 spiro atoms. The number of halogens is 3. The van der Waals surface area contributed by atoms with Gasteiger partial charge in [-0.05, 0) is 95.4 Å². The summed E-state index contributed by atoms with van der Waals surface area (Å²) in [5.41, 5.74) is -0.818. The topological polar surface area (TPSA) is 51.8 Å². The van der Waals surface area contributed by atoms with Crippen LogP contribution in [0.1, 0.15) is 51.2 Å². The molecule has 8 heteroatoms. The van der Waals surface area contributed by atoms with Gasteiger partial charge in [0.15, 0.2) is 11.4 Å². The van der Waals surface area contributed by atoms with E-state index in [0.717, 1.165) is 36.5 Å². The van der Waals surface area contributed by atoms with Crippen molar-refractivity contribution in [2.24, 2.45) is 0 Å². The Balaban J connectivity index is 0.00000740. The summed E-state index contributed by atoms with van der Waals surface area (Å²) in [4.78, 5) is 13.1. The van der Waals surface area contributed by atoms with Gasteiger partial charge in [0.25, 0.3) is 0 Å². The molecule has 6 aromatic carbocycles. The van der Waals surface area contributed by atoms with Crippen LogP contribution >= 0.6 is 0 Å². The Labute approximate surface area is 407 Å². The van der Waals surface area contributed by atoms with Gasteiger partial charge in [0.2, 0.25) is 0 Å². The maximum absolute atomic E-state index is 16.4. The zero-order valence-electron chi connectivity index (χ0n) is 46.8. The van der Waals surface area contributed by atoms with Crippen molar-refractivity contribution in [3.05, 3.63) is 233 Å². The summed E-state index contributed by atoms with van der Waals surface area (Å²) in [7, 11) is 0. The molecule has 0 bridgehead atoms. The van der Waals surface area contributed by atoms with Gasteiger partial charge in [-0.3, -0.25) is 0 Å². The number of nitrogens with zero attached hydrogens (tertiary/aromatic N) is 3. The fourth-order valence-corrected chi connectivity index (χ4v) is 7.18. The van der Waals surface area contributed by atoms with Crippen molar-refractivity contribution in [1.29, 1.82) is 0 Å². The molecular weight excluding hydrogens is 992 g/mol. The Morgan fingerprint density at radius 3 is 1.69 bits per heavy atom. The van der Waals surface area contributed by atoms with Gasteiger partial charge in [-0.2, -0.15) is 0 Å². The fraction of sp³-hybridized carbons (Fsp3) is 0.105. The van der Waals surface area contributed by atoms with Crippen molar-refractivity contribution in [3.63, 3.8) is 0 Å². The van der Waals surface area contributed by atoms with Crippen LogP contribution in [0, 0.1) is 35.7 Å². The van der Waals surface area contributed by atoms with Gasteiger partial charge >= 0.3 is 20.1 Å². The quantitative estimate of drug-likeness (QED) is 0.108. The van der Waals surface area contributed by atoms with Crippen LogP contribution in [0.15, 0.2) is 168 Å². The van der Waals surface area contributed by atoms with Crippen LogP contribution < -0.4 is 0 Å². The summed E-state index contributed by atoms with van der Waals surface area (Å²) in [5.74, 6) is -2.59. The molecule has 0 aliphatic carbocycles. The minimum atomic E-state index is -3.09. The molecule has 0 saturated heterocycles. The smallest absolute Gasteiger partial charge is 0.497 e. The molecule has 4 aromatic heterocycles. The Hall–Kier alpha value is -6.99. The SMILES string of the molecule is [2H]c1c([2H])c([2H])c(-c2ccc3c(oc4c(-c5ccc(C([2H])([2H])C([2H])([2H])c6cc(C([2H])([2H])Cc7cnc(-c8[c-]cccc8)cc7F)cc(C([2H])([2H])Cc7cnc(-c8[c-]cccc8)cc7F)c6)cn5)[c-]ccc43)c2F)c([2H])c1[2H].[Ir+3]. The first-order valence-electron chi connectivity index (χ1n) is 26.5. The van der Waals surface area contributed by atoms with E-state index in [1.54, 1.807) is 54.6 Å². The average molecular weight is 1040 g/mol. The van der Waals surface area contributed by atoms with E-state index in [0.29, 0.717) is 16.5 Å². The third kappa shape index (κ3) is 9.46. The maximum atomic E-state index is 16.4. The molecule has 65 heavy (non-hydrogen) atoms. The molecule has 0 saturated carbocycles. The molecule has 0 N–H and O–H groups in total. The van der Waals surface area contributed by atoms with Gasteiger partial charge in [0.05, 0.1) is 12.4 Å². The molecule has 10 rings (SSSR count). The van der Waals surface area contributed by atoms with Crippen molar-refractivity contribution >= 4 is 21.9 Å². The number of benzene rings is 6. The number of hydrogen-bond acceptors (Lipinski definition) is 4. The predicted octanol–water partition coefficient (Wildman–Crippen LogP) is 13.6. The second-order valence-corrected chi connectivity index (χ2v) is 14.6. The third-order valence-electron chi connectivity index (χ3n) is 10.4. The monoisotopic (exact) mass is 1040 g/mol. The molecule has 0 aliphatic rings. The van der Waals surface area contributed by atoms with Crippen LogP contribution in [-0.2, 0) is 58.4 Å². The average Bonchev–Trinajstić information content (AvgIpc) is 3.98. The van der Waals surface area contributed by atoms with Gasteiger partial charge in [-0.15, -0.1) is 90.0 Å². The molecular formula is C57H39F3IrN3O. The van der Waals surface area contributed by atoms with Gasteiger partial charge in [-0.1, -0.05) is 83.6 Å². The largest absolute Gasteiger partial charge is 3.00 e. The second-order valence-electron chi connectivity index (χ2n) is 14.6. The van der Waals surface area contributed by atoms with Gasteiger partial charge in [0.1, 0.15) is 11.6 Å². The minimum absolute atomic E-state index is 0. The van der Waals surface area contributed by atoms with Crippen molar-refractivity contribution < 1.29 is 55.5 Å². The second kappa shape index (κ2) is 19.4. The summed E-state index contributed by atoms with van der Waals surface area (Å²) < 4.78 is 170. The molecule has 10 aromatic rings. The van der Waals surface area contributed by atoms with Gasteiger partial charge in [0, 0.05) is 51.6 Å². The zero-order valence-corrected chi connectivity index (χ0v) is 36.2. The first-order valence-corrected chi connectivity index (χ1v) is 20.0. The van der Waals surface area contributed by atoms with Crippen LogP contribution in [-0.4, -0.2) is 15.0 Å². The molecule has 0 unspecified atom stereocenters. The van der Waals surface area contributed by atoms with Crippen molar-refractivity contribution in [3.8, 4) is 44.9 Å². The van der Waals surface area contributed by atoms with E-state index in [4.69, 9.17) is 11.3 Å². The van der Waals surface area contributed by atoms with Crippen LogP contribution in [0.4, 0.5) is 13.2 Å². The first-order chi connectivity index (χ1) is 36.5. The summed E-state index contributed by atoms with van der Waals surface area (Å²) in [5, 5.41) is 0.681. The Kier molecular flexibility index (Phi) is 9.01. The molecule has 0 radical (unpaired) electrons. The Bertz CT molecular complexity index is 3790. The van der Waals surface area contributed by atoms with Crippen LogP contribution in [0.3, 0.4) is 0 Å². The van der Waals surface area contributed by atoms with Gasteiger partial charge in [-0.25, -0.2) is 13.2 Å². The first kappa shape index (κ1) is 30.2. The summed E-state index contributed by atoms with van der Waals surface area (Å²) in [6.45, 7) is 0. The van der Waals surface area contributed by atoms with Crippen LogP contribution in [0.25, 0.3) is 66.8 Å². The molecule has 0 aliphatic heterocycles. The number of furan rings is 1. The van der Waals surface area contributed by atoms with Crippen molar-refractivity contribution in [2.75, 3.05) is 0 Å². The molecule has 4 heterocycles. The zero-order chi connectivity index (χ0) is 54.9. The standard InChI is InChI=1S/C57H39F3N3O.Ir/c58-50-32-53(42-13-6-2-7-14-42)62-35-44(50)24-21-39-29-38(30-40(31-39)22-25-45-36-63-54(33-51(45)59)43-15-8-3-9-16-43)20-19-37-23-28-52(61-34-37)49-18-10-17-47-48-27-26-46(41-11-4-1-5-12-41)55(60)57(48)64-56(47)49;/h1-13,15,17,23,26-36H,19-22,24-25H2;/q-3;+3/i1D,4D,5D,11D,12D,19D2,20D2,21D2,22D2;. The number of aromatic nitrogens is 3. The van der Waals surface area contributed by atoms with E-state index >= 15 is 13.2 Å². The fourth-order valence-electron chi connectivity index (χ4n) is 7.18. The molecule has 4 nitrogen and oxygen atoms in total. The normalized spacial score (nSPS) is 15.0. The third-order valence-corrected chi connectivity index (χ3v) is 10.4. The van der Waals surface area contributed by atoms with Crippen molar-refractivity contribution in [1.82, 2.24) is 15.0 Å². The summed E-state index contributed by atoms with van der Waals surface area (Å²) in [6, 6.07) is 33.4. The van der Waals surface area contributed by atoms with E-state index in [2.05, 4.69) is 33.2 Å². The number of pyridine rings is 3. The number of hydrogen-bond donors (Lipinski definition) is 0. The number of fused-ring (bicyclic) bond motifs is 3. The minimum Gasteiger partial charge on any atom is -0.497 e. The predicted molar refractivity (Wildman–Crippen MR) is 247 cm³/mol. The maximum Gasteiger partial charge on any atom is 3.00 e. The Morgan fingerprint density at radius 2 is 1.12 bits per heavy atom. The van der Waals surface area contributed by atoms with E-state index in [1.807, 2.05) is 0 Å². The van der Waals surface area contributed by atoms with Gasteiger partial charge < -0.3 is 19.4 Å². The summed E-state index contributed by atoms with van der Waals surface area (Å²) >= 11 is 0. The number of rotatable bonds is 13. The van der Waals surface area contributed by atoms with E-state index in [9.17, 15) is 11.0 Å².